The van der Waals surface area contributed by atoms with Gasteiger partial charge in [-0.3, -0.25) is 0 Å². The Morgan fingerprint density at radius 2 is 1.38 bits per heavy atom. The van der Waals surface area contributed by atoms with Crippen LogP contribution in [0.5, 0.6) is 0 Å². The highest BCUT2D eigenvalue weighted by molar-refractivity contribution is 5.35. The van der Waals surface area contributed by atoms with Crippen LogP contribution in [0.15, 0.2) is 42.5 Å². The average Bonchev–Trinajstić information content (AvgIpc) is 3.24. The minimum atomic E-state index is -4.93. The van der Waals surface area contributed by atoms with E-state index >= 15 is 0 Å². The molecule has 0 aromatic heterocycles. The highest BCUT2D eigenvalue weighted by atomic mass is 19.4. The lowest BCUT2D eigenvalue weighted by molar-refractivity contribution is -0.143. The highest BCUT2D eigenvalue weighted by Gasteiger charge is 2.42. The van der Waals surface area contributed by atoms with Gasteiger partial charge in [-0.25, -0.2) is 4.39 Å². The topological polar surface area (TPSA) is 12.5 Å². The largest absolute Gasteiger partial charge is 0.416 e. The van der Waals surface area contributed by atoms with E-state index in [1.165, 1.54) is 19.1 Å². The zero-order chi connectivity index (χ0) is 29.5. The van der Waals surface area contributed by atoms with Gasteiger partial charge in [-0.05, 0) is 104 Å². The Bertz CT molecular complexity index is 1100. The van der Waals surface area contributed by atoms with Crippen LogP contribution in [0.4, 0.5) is 30.7 Å². The molecule has 1 aliphatic heterocycles. The maximum Gasteiger partial charge on any atom is 0.416 e. The van der Waals surface area contributed by atoms with Crippen LogP contribution >= 0.6 is 0 Å². The molecule has 40 heavy (non-hydrogen) atoms. The van der Waals surface area contributed by atoms with E-state index in [9.17, 15) is 30.7 Å². The third-order valence-corrected chi connectivity index (χ3v) is 8.75. The first-order chi connectivity index (χ1) is 18.5. The summed E-state index contributed by atoms with van der Waals surface area (Å²) in [4.78, 5) is 2.44. The predicted molar refractivity (Wildman–Crippen MR) is 140 cm³/mol. The molecule has 222 valence electrons. The Morgan fingerprint density at radius 1 is 0.825 bits per heavy atom. The number of halogens is 7. The van der Waals surface area contributed by atoms with E-state index in [1.807, 2.05) is 0 Å². The third kappa shape index (κ3) is 7.38. The Hall–Kier alpha value is -2.13. The molecule has 2 aromatic rings. The zero-order valence-corrected chi connectivity index (χ0v) is 23.4. The van der Waals surface area contributed by atoms with E-state index < -0.39 is 35.7 Å². The fourth-order valence-corrected chi connectivity index (χ4v) is 6.44. The second-order valence-corrected chi connectivity index (χ2v) is 12.5. The number of alkyl halides is 6. The number of benzene rings is 2. The number of piperidine rings is 1. The van der Waals surface area contributed by atoms with Crippen LogP contribution in [0, 0.1) is 23.1 Å². The molecule has 1 saturated carbocycles. The van der Waals surface area contributed by atoms with Gasteiger partial charge in [0, 0.05) is 12.5 Å². The molecule has 2 nitrogen and oxygen atoms in total. The zero-order valence-electron chi connectivity index (χ0n) is 23.4. The molecule has 9 heteroatoms. The van der Waals surface area contributed by atoms with Gasteiger partial charge in [0.2, 0.25) is 0 Å². The number of likely N-dealkylation sites (tertiary alicyclic amines) is 1. The maximum atomic E-state index is 13.8. The molecule has 0 amide bonds. The standard InChI is InChI=1S/C31H38F7NO/c1-19(22-15-24(30(33,34)35)17-25(16-22)31(36,37)38)40-27-10-7-21(28(27)20-5-8-26(32)9-6-20)18-39-13-11-23(12-14-39)29(2,3)4/h5-6,8-9,15-17,19,21,23,27-28H,7,10-14,18H2,1-4H3/t19-,21+,27+,28+/m1/s1. The van der Waals surface area contributed by atoms with Crippen molar-refractivity contribution in [2.24, 2.45) is 17.3 Å². The number of nitrogens with zero attached hydrogens (tertiary/aromatic N) is 1. The van der Waals surface area contributed by atoms with Gasteiger partial charge in [0.1, 0.15) is 5.82 Å². The van der Waals surface area contributed by atoms with Gasteiger partial charge in [0.05, 0.1) is 23.3 Å². The first-order valence-corrected chi connectivity index (χ1v) is 13.9. The van der Waals surface area contributed by atoms with Crippen molar-refractivity contribution < 1.29 is 35.5 Å². The fourth-order valence-electron chi connectivity index (χ4n) is 6.44. The summed E-state index contributed by atoms with van der Waals surface area (Å²) >= 11 is 0. The van der Waals surface area contributed by atoms with Crippen LogP contribution in [-0.4, -0.2) is 30.6 Å². The second-order valence-electron chi connectivity index (χ2n) is 12.5. The Morgan fingerprint density at radius 3 is 1.88 bits per heavy atom. The van der Waals surface area contributed by atoms with E-state index in [0.29, 0.717) is 12.3 Å². The SMILES string of the molecule is C[C@@H](O[C@H]1CC[C@@H](CN2CCC(C(C)(C)C)CC2)[C@@H]1c1ccc(F)cc1)c1cc(C(F)(F)F)cc(C(F)(F)F)c1. The molecule has 1 aliphatic carbocycles. The molecule has 1 saturated heterocycles. The fraction of sp³-hybridized carbons (Fsp3) is 0.613. The normalized spacial score (nSPS) is 24.4. The van der Waals surface area contributed by atoms with Gasteiger partial charge in [0.25, 0.3) is 0 Å². The summed E-state index contributed by atoms with van der Waals surface area (Å²) in [5.74, 6) is 0.278. The van der Waals surface area contributed by atoms with Crippen LogP contribution in [0.1, 0.15) is 87.7 Å². The molecule has 0 unspecified atom stereocenters. The van der Waals surface area contributed by atoms with Crippen LogP contribution in [0.25, 0.3) is 0 Å². The lowest BCUT2D eigenvalue weighted by Crippen LogP contribution is -2.41. The number of hydrogen-bond donors (Lipinski definition) is 0. The van der Waals surface area contributed by atoms with Gasteiger partial charge >= 0.3 is 12.4 Å². The van der Waals surface area contributed by atoms with Crippen molar-refractivity contribution in [3.8, 4) is 0 Å². The highest BCUT2D eigenvalue weighted by Crippen LogP contribution is 2.45. The first kappa shape index (κ1) is 30.8. The summed E-state index contributed by atoms with van der Waals surface area (Å²) in [6.07, 6.45) is -7.66. The van der Waals surface area contributed by atoms with Crippen LogP contribution in [0.2, 0.25) is 0 Å². The summed E-state index contributed by atoms with van der Waals surface area (Å²) in [6.45, 7) is 11.0. The van der Waals surface area contributed by atoms with Crippen molar-refractivity contribution in [3.05, 3.63) is 70.5 Å². The molecule has 1 heterocycles. The van der Waals surface area contributed by atoms with Crippen LogP contribution < -0.4 is 0 Å². The Balaban J connectivity index is 1.55. The molecular weight excluding hydrogens is 535 g/mol. The quantitative estimate of drug-likeness (QED) is 0.320. The number of ether oxygens (including phenoxy) is 1. The minimum absolute atomic E-state index is 0.131. The third-order valence-electron chi connectivity index (χ3n) is 8.75. The first-order valence-electron chi connectivity index (χ1n) is 13.9. The van der Waals surface area contributed by atoms with E-state index in [0.717, 1.165) is 56.6 Å². The van der Waals surface area contributed by atoms with Crippen molar-refractivity contribution in [2.75, 3.05) is 19.6 Å². The van der Waals surface area contributed by atoms with Gasteiger partial charge in [-0.1, -0.05) is 32.9 Å². The van der Waals surface area contributed by atoms with Crippen LogP contribution in [0.3, 0.4) is 0 Å². The summed E-state index contributed by atoms with van der Waals surface area (Å²) in [5, 5.41) is 0. The Kier molecular flexibility index (Phi) is 8.96. The molecule has 0 radical (unpaired) electrons. The predicted octanol–water partition coefficient (Wildman–Crippen LogP) is 9.26. The van der Waals surface area contributed by atoms with Gasteiger partial charge in [0.15, 0.2) is 0 Å². The van der Waals surface area contributed by atoms with Crippen molar-refractivity contribution in [3.63, 3.8) is 0 Å². The molecule has 0 bridgehead atoms. The molecule has 2 aromatic carbocycles. The molecule has 4 atom stereocenters. The molecule has 0 spiro atoms. The lowest BCUT2D eigenvalue weighted by Gasteiger charge is -2.40. The van der Waals surface area contributed by atoms with Crippen LogP contribution in [-0.2, 0) is 17.1 Å². The molecule has 0 N–H and O–H groups in total. The van der Waals surface area contributed by atoms with Gasteiger partial charge in [-0.2, -0.15) is 26.3 Å². The minimum Gasteiger partial charge on any atom is -0.370 e. The smallest absolute Gasteiger partial charge is 0.370 e. The molecule has 4 rings (SSSR count). The van der Waals surface area contributed by atoms with E-state index in [1.54, 1.807) is 12.1 Å². The Labute approximate surface area is 231 Å². The van der Waals surface area contributed by atoms with E-state index in [4.69, 9.17) is 4.74 Å². The maximum absolute atomic E-state index is 13.8. The monoisotopic (exact) mass is 573 g/mol. The molecule has 2 fully saturated rings. The average molecular weight is 574 g/mol. The van der Waals surface area contributed by atoms with Crippen molar-refractivity contribution >= 4 is 0 Å². The molecule has 2 aliphatic rings. The summed E-state index contributed by atoms with van der Waals surface area (Å²) in [6, 6.07) is 7.77. The van der Waals surface area contributed by atoms with Gasteiger partial charge < -0.3 is 9.64 Å². The number of rotatable bonds is 6. The van der Waals surface area contributed by atoms with Crippen molar-refractivity contribution in [1.29, 1.82) is 0 Å². The summed E-state index contributed by atoms with van der Waals surface area (Å²) < 4.78 is 101. The molecular formula is C31H38F7NO. The summed E-state index contributed by atoms with van der Waals surface area (Å²) in [7, 11) is 0. The number of hydrogen-bond acceptors (Lipinski definition) is 2. The lowest BCUT2D eigenvalue weighted by atomic mass is 9.75. The van der Waals surface area contributed by atoms with Crippen molar-refractivity contribution in [1.82, 2.24) is 4.90 Å². The van der Waals surface area contributed by atoms with Crippen molar-refractivity contribution in [2.45, 2.75) is 83.9 Å². The summed E-state index contributed by atoms with van der Waals surface area (Å²) in [5.41, 5.74) is -1.77. The van der Waals surface area contributed by atoms with E-state index in [2.05, 4.69) is 25.7 Å². The second kappa shape index (κ2) is 11.6. The van der Waals surface area contributed by atoms with E-state index in [-0.39, 0.29) is 34.7 Å². The van der Waals surface area contributed by atoms with Gasteiger partial charge in [-0.15, -0.1) is 0 Å².